The van der Waals surface area contributed by atoms with Gasteiger partial charge in [0.2, 0.25) is 11.8 Å². The largest absolute Gasteiger partial charge is 0.324 e. The Balaban J connectivity index is 1.69. The fourth-order valence-electron chi connectivity index (χ4n) is 3.18. The van der Waals surface area contributed by atoms with Crippen LogP contribution in [-0.4, -0.2) is 21.6 Å². The first-order valence-corrected chi connectivity index (χ1v) is 9.43. The van der Waals surface area contributed by atoms with E-state index in [2.05, 4.69) is 31.7 Å². The molecular formula is C20H16BrFN4O2. The maximum Gasteiger partial charge on any atom is 0.249 e. The number of benzene rings is 2. The molecule has 0 bridgehead atoms. The van der Waals surface area contributed by atoms with E-state index in [4.69, 9.17) is 0 Å². The summed E-state index contributed by atoms with van der Waals surface area (Å²) < 4.78 is 15.7. The third-order valence-corrected chi connectivity index (χ3v) is 5.14. The van der Waals surface area contributed by atoms with Crippen molar-refractivity contribution in [3.8, 4) is 11.3 Å². The SMILES string of the molecule is Cc1c(-c2ccc(F)cc2)nn2c1NC(=O)C[C@@H]2C(=O)Nc1ccc(Br)cc1. The van der Waals surface area contributed by atoms with Crippen molar-refractivity contribution < 1.29 is 14.0 Å². The Kier molecular flexibility index (Phi) is 4.72. The van der Waals surface area contributed by atoms with Crippen molar-refractivity contribution in [1.82, 2.24) is 9.78 Å². The van der Waals surface area contributed by atoms with Crippen LogP contribution in [0.1, 0.15) is 18.0 Å². The number of anilines is 2. The number of amides is 2. The first kappa shape index (κ1) is 18.4. The molecule has 1 aliphatic heterocycles. The summed E-state index contributed by atoms with van der Waals surface area (Å²) in [5.41, 5.74) is 2.66. The minimum Gasteiger partial charge on any atom is -0.324 e. The lowest BCUT2D eigenvalue weighted by Gasteiger charge is -2.24. The summed E-state index contributed by atoms with van der Waals surface area (Å²) in [6, 6.07) is 12.3. The van der Waals surface area contributed by atoms with E-state index in [1.807, 2.05) is 19.1 Å². The standard InChI is InChI=1S/C20H16BrFN4O2/c1-11-18(12-2-6-14(22)7-3-12)25-26-16(10-17(27)24-19(11)26)20(28)23-15-8-4-13(21)5-9-15/h2-9,16H,10H2,1H3,(H,23,28)(H,24,27)/t16-/m1/s1. The lowest BCUT2D eigenvalue weighted by atomic mass is 10.1. The maximum atomic E-state index is 13.2. The normalized spacial score (nSPS) is 15.7. The van der Waals surface area contributed by atoms with E-state index in [9.17, 15) is 14.0 Å². The highest BCUT2D eigenvalue weighted by Gasteiger charge is 2.34. The molecule has 142 valence electrons. The van der Waals surface area contributed by atoms with E-state index < -0.39 is 6.04 Å². The topological polar surface area (TPSA) is 76.0 Å². The van der Waals surface area contributed by atoms with Gasteiger partial charge in [0.1, 0.15) is 17.7 Å². The van der Waals surface area contributed by atoms with Crippen LogP contribution in [0.2, 0.25) is 0 Å². The molecular weight excluding hydrogens is 427 g/mol. The van der Waals surface area contributed by atoms with E-state index in [0.717, 1.165) is 10.0 Å². The Bertz CT molecular complexity index is 1060. The zero-order valence-corrected chi connectivity index (χ0v) is 16.5. The van der Waals surface area contributed by atoms with Crippen LogP contribution in [0.15, 0.2) is 53.0 Å². The van der Waals surface area contributed by atoms with Gasteiger partial charge in [0.15, 0.2) is 0 Å². The number of nitrogens with one attached hydrogen (secondary N) is 2. The summed E-state index contributed by atoms with van der Waals surface area (Å²) in [6.07, 6.45) is -0.0145. The molecule has 0 aliphatic carbocycles. The summed E-state index contributed by atoms with van der Waals surface area (Å²) in [5.74, 6) is -0.444. The lowest BCUT2D eigenvalue weighted by Crippen LogP contribution is -2.35. The highest BCUT2D eigenvalue weighted by atomic mass is 79.9. The molecule has 8 heteroatoms. The highest BCUT2D eigenvalue weighted by molar-refractivity contribution is 9.10. The van der Waals surface area contributed by atoms with Crippen molar-refractivity contribution >= 4 is 39.2 Å². The van der Waals surface area contributed by atoms with E-state index in [0.29, 0.717) is 22.8 Å². The monoisotopic (exact) mass is 442 g/mol. The molecule has 2 heterocycles. The molecule has 2 aromatic carbocycles. The lowest BCUT2D eigenvalue weighted by molar-refractivity contribution is -0.125. The molecule has 0 fully saturated rings. The van der Waals surface area contributed by atoms with Crippen LogP contribution < -0.4 is 10.6 Å². The summed E-state index contributed by atoms with van der Waals surface area (Å²) >= 11 is 3.35. The van der Waals surface area contributed by atoms with Crippen LogP contribution in [-0.2, 0) is 9.59 Å². The van der Waals surface area contributed by atoms with Crippen molar-refractivity contribution in [2.45, 2.75) is 19.4 Å². The number of halogens is 2. The van der Waals surface area contributed by atoms with Crippen LogP contribution in [0.5, 0.6) is 0 Å². The van der Waals surface area contributed by atoms with Gasteiger partial charge in [0.25, 0.3) is 0 Å². The van der Waals surface area contributed by atoms with Crippen LogP contribution in [0.4, 0.5) is 15.9 Å². The van der Waals surface area contributed by atoms with Gasteiger partial charge in [-0.15, -0.1) is 0 Å². The second-order valence-electron chi connectivity index (χ2n) is 6.54. The first-order chi connectivity index (χ1) is 13.4. The smallest absolute Gasteiger partial charge is 0.249 e. The van der Waals surface area contributed by atoms with E-state index in [1.165, 1.54) is 16.8 Å². The van der Waals surface area contributed by atoms with Crippen LogP contribution >= 0.6 is 15.9 Å². The fraction of sp³-hybridized carbons (Fsp3) is 0.150. The van der Waals surface area contributed by atoms with Gasteiger partial charge in [-0.25, -0.2) is 9.07 Å². The molecule has 1 aliphatic rings. The van der Waals surface area contributed by atoms with Crippen LogP contribution in [0, 0.1) is 12.7 Å². The van der Waals surface area contributed by atoms with Gasteiger partial charge < -0.3 is 10.6 Å². The molecule has 1 atom stereocenters. The predicted molar refractivity (Wildman–Crippen MR) is 107 cm³/mol. The van der Waals surface area contributed by atoms with Crippen molar-refractivity contribution in [3.63, 3.8) is 0 Å². The number of hydrogen-bond donors (Lipinski definition) is 2. The second-order valence-corrected chi connectivity index (χ2v) is 7.45. The quantitative estimate of drug-likeness (QED) is 0.635. The maximum absolute atomic E-state index is 13.2. The average Bonchev–Trinajstić information content (AvgIpc) is 3.00. The van der Waals surface area contributed by atoms with Gasteiger partial charge in [-0.05, 0) is 55.5 Å². The summed E-state index contributed by atoms with van der Waals surface area (Å²) in [7, 11) is 0. The van der Waals surface area contributed by atoms with Crippen LogP contribution in [0.3, 0.4) is 0 Å². The highest BCUT2D eigenvalue weighted by Crippen LogP contribution is 2.34. The predicted octanol–water partition coefficient (Wildman–Crippen LogP) is 4.28. The van der Waals surface area contributed by atoms with E-state index >= 15 is 0 Å². The van der Waals surface area contributed by atoms with Gasteiger partial charge in [-0.3, -0.25) is 9.59 Å². The van der Waals surface area contributed by atoms with Gasteiger partial charge in [-0.2, -0.15) is 5.10 Å². The molecule has 2 amide bonds. The zero-order chi connectivity index (χ0) is 19.8. The molecule has 0 saturated heterocycles. The third kappa shape index (κ3) is 3.43. The number of carbonyl (C=O) groups is 2. The Morgan fingerprint density at radius 1 is 1.21 bits per heavy atom. The molecule has 0 unspecified atom stereocenters. The van der Waals surface area contributed by atoms with E-state index in [-0.39, 0.29) is 24.1 Å². The molecule has 1 aromatic heterocycles. The average molecular weight is 443 g/mol. The van der Waals surface area contributed by atoms with Crippen molar-refractivity contribution in [2.24, 2.45) is 0 Å². The van der Waals surface area contributed by atoms with Gasteiger partial charge >= 0.3 is 0 Å². The number of rotatable bonds is 3. The van der Waals surface area contributed by atoms with Crippen molar-refractivity contribution in [1.29, 1.82) is 0 Å². The third-order valence-electron chi connectivity index (χ3n) is 4.61. The Labute approximate surface area is 168 Å². The summed E-state index contributed by atoms with van der Waals surface area (Å²) in [6.45, 7) is 1.81. The molecule has 0 radical (unpaired) electrons. The number of carbonyl (C=O) groups excluding carboxylic acids is 2. The second kappa shape index (κ2) is 7.20. The summed E-state index contributed by atoms with van der Waals surface area (Å²) in [5, 5.41) is 10.2. The fourth-order valence-corrected chi connectivity index (χ4v) is 3.45. The number of fused-ring (bicyclic) bond motifs is 1. The van der Waals surface area contributed by atoms with E-state index in [1.54, 1.807) is 24.3 Å². The Morgan fingerprint density at radius 2 is 1.89 bits per heavy atom. The Morgan fingerprint density at radius 3 is 2.57 bits per heavy atom. The number of aromatic nitrogens is 2. The summed E-state index contributed by atoms with van der Waals surface area (Å²) in [4.78, 5) is 25.0. The van der Waals surface area contributed by atoms with Crippen molar-refractivity contribution in [2.75, 3.05) is 10.6 Å². The zero-order valence-electron chi connectivity index (χ0n) is 14.9. The van der Waals surface area contributed by atoms with Gasteiger partial charge in [-0.1, -0.05) is 15.9 Å². The molecule has 6 nitrogen and oxygen atoms in total. The first-order valence-electron chi connectivity index (χ1n) is 8.63. The van der Waals surface area contributed by atoms with Crippen molar-refractivity contribution in [3.05, 3.63) is 64.4 Å². The molecule has 3 aromatic rings. The minimum absolute atomic E-state index is 0.0145. The minimum atomic E-state index is -0.778. The van der Waals surface area contributed by atoms with Gasteiger partial charge in [0, 0.05) is 21.3 Å². The molecule has 2 N–H and O–H groups in total. The molecule has 4 rings (SSSR count). The van der Waals surface area contributed by atoms with Crippen LogP contribution in [0.25, 0.3) is 11.3 Å². The number of hydrogen-bond acceptors (Lipinski definition) is 3. The molecule has 0 spiro atoms. The Hall–Kier alpha value is -3.00. The number of nitrogens with zero attached hydrogens (tertiary/aromatic N) is 2. The molecule has 0 saturated carbocycles. The van der Waals surface area contributed by atoms with Gasteiger partial charge in [0.05, 0.1) is 12.1 Å². The molecule has 28 heavy (non-hydrogen) atoms.